The zero-order chi connectivity index (χ0) is 14.0. The zero-order valence-corrected chi connectivity index (χ0v) is 12.6. The van der Waals surface area contributed by atoms with Crippen LogP contribution in [0.5, 0.6) is 0 Å². The largest absolute Gasteiger partial charge is 0.198 e. The quantitative estimate of drug-likeness (QED) is 0.736. The van der Waals surface area contributed by atoms with Gasteiger partial charge in [0, 0.05) is 6.42 Å². The summed E-state index contributed by atoms with van der Waals surface area (Å²) in [7, 11) is 0. The van der Waals surface area contributed by atoms with Gasteiger partial charge in [-0.05, 0) is 33.9 Å². The lowest BCUT2D eigenvalue weighted by molar-refractivity contribution is 0.567. The fourth-order valence-corrected chi connectivity index (χ4v) is 1.90. The van der Waals surface area contributed by atoms with Crippen LogP contribution in [0.25, 0.3) is 0 Å². The molecule has 18 heavy (non-hydrogen) atoms. The van der Waals surface area contributed by atoms with Gasteiger partial charge >= 0.3 is 0 Å². The van der Waals surface area contributed by atoms with Crippen LogP contribution in [0, 0.1) is 11.3 Å². The van der Waals surface area contributed by atoms with Crippen LogP contribution in [-0.2, 0) is 17.3 Å². The molecule has 0 unspecified atom stereocenters. The molecule has 1 rings (SSSR count). The molecule has 0 aliphatic carbocycles. The Bertz CT molecular complexity index is 418. The van der Waals surface area contributed by atoms with Gasteiger partial charge in [-0.15, -0.1) is 0 Å². The summed E-state index contributed by atoms with van der Waals surface area (Å²) in [4.78, 5) is 0. The molecule has 0 aliphatic heterocycles. The molecule has 0 saturated heterocycles. The fourth-order valence-electron chi connectivity index (χ4n) is 1.90. The van der Waals surface area contributed by atoms with E-state index in [2.05, 4.69) is 65.8 Å². The molecule has 0 amide bonds. The van der Waals surface area contributed by atoms with Crippen molar-refractivity contribution >= 4 is 0 Å². The number of nitrogens with zero attached hydrogens (tertiary/aromatic N) is 1. The van der Waals surface area contributed by atoms with Crippen molar-refractivity contribution < 1.29 is 0 Å². The lowest BCUT2D eigenvalue weighted by Gasteiger charge is -2.26. The van der Waals surface area contributed by atoms with E-state index in [9.17, 15) is 0 Å². The fraction of sp³-hybridized carbons (Fsp3) is 0.588. The molecule has 0 saturated carbocycles. The Morgan fingerprint density at radius 3 is 1.67 bits per heavy atom. The summed E-state index contributed by atoms with van der Waals surface area (Å²) in [6, 6.07) is 9.06. The molecule has 98 valence electrons. The average molecular weight is 243 g/mol. The van der Waals surface area contributed by atoms with Gasteiger partial charge in [0.1, 0.15) is 0 Å². The molecule has 0 spiro atoms. The van der Waals surface area contributed by atoms with Crippen LogP contribution in [0.3, 0.4) is 0 Å². The second-order valence-corrected chi connectivity index (χ2v) is 7.08. The summed E-state index contributed by atoms with van der Waals surface area (Å²) in [6.07, 6.45) is 1.45. The van der Waals surface area contributed by atoms with Crippen molar-refractivity contribution in [2.75, 3.05) is 0 Å². The van der Waals surface area contributed by atoms with Gasteiger partial charge in [0.15, 0.2) is 0 Å². The summed E-state index contributed by atoms with van der Waals surface area (Å²) in [5.74, 6) is 0. The van der Waals surface area contributed by atoms with Crippen molar-refractivity contribution in [2.24, 2.45) is 0 Å². The zero-order valence-electron chi connectivity index (χ0n) is 12.6. The van der Waals surface area contributed by atoms with E-state index in [1.807, 2.05) is 0 Å². The molecule has 1 aromatic rings. The van der Waals surface area contributed by atoms with Crippen molar-refractivity contribution in [1.29, 1.82) is 5.26 Å². The Labute approximate surface area is 112 Å². The first-order chi connectivity index (χ1) is 8.14. The number of rotatable bonds is 2. The average Bonchev–Trinajstić information content (AvgIpc) is 2.23. The lowest BCUT2D eigenvalue weighted by Crippen LogP contribution is -2.17. The summed E-state index contributed by atoms with van der Waals surface area (Å²) in [5, 5.41) is 8.74. The van der Waals surface area contributed by atoms with Crippen molar-refractivity contribution in [3.63, 3.8) is 0 Å². The summed E-state index contributed by atoms with van der Waals surface area (Å²) < 4.78 is 0. The minimum absolute atomic E-state index is 0.155. The first-order valence-electron chi connectivity index (χ1n) is 6.66. The van der Waals surface area contributed by atoms with Crippen LogP contribution < -0.4 is 0 Å². The number of hydrogen-bond acceptors (Lipinski definition) is 1. The molecule has 1 nitrogen and oxygen atoms in total. The van der Waals surface area contributed by atoms with Gasteiger partial charge in [-0.3, -0.25) is 0 Å². The Balaban J connectivity index is 3.26. The van der Waals surface area contributed by atoms with Gasteiger partial charge < -0.3 is 0 Å². The van der Waals surface area contributed by atoms with E-state index in [0.29, 0.717) is 6.42 Å². The van der Waals surface area contributed by atoms with Crippen LogP contribution in [-0.4, -0.2) is 0 Å². The van der Waals surface area contributed by atoms with Crippen LogP contribution in [0.2, 0.25) is 0 Å². The molecule has 0 atom stereocenters. The van der Waals surface area contributed by atoms with Gasteiger partial charge in [0.05, 0.1) is 6.07 Å². The molecular formula is C17H25N. The smallest absolute Gasteiger partial charge is 0.0625 e. The lowest BCUT2D eigenvalue weighted by atomic mass is 9.79. The molecule has 0 radical (unpaired) electrons. The third kappa shape index (κ3) is 3.88. The summed E-state index contributed by atoms with van der Waals surface area (Å²) in [5.41, 5.74) is 4.32. The summed E-state index contributed by atoms with van der Waals surface area (Å²) in [6.45, 7) is 13.4. The Morgan fingerprint density at radius 2 is 1.33 bits per heavy atom. The topological polar surface area (TPSA) is 23.8 Å². The normalized spacial score (nSPS) is 12.3. The minimum atomic E-state index is 0.155. The van der Waals surface area contributed by atoms with E-state index in [1.165, 1.54) is 16.7 Å². The van der Waals surface area contributed by atoms with E-state index in [-0.39, 0.29) is 10.8 Å². The van der Waals surface area contributed by atoms with Crippen LogP contribution >= 0.6 is 0 Å². The molecule has 0 aromatic heterocycles. The first-order valence-corrected chi connectivity index (χ1v) is 6.66. The first kappa shape index (κ1) is 14.8. The monoisotopic (exact) mass is 243 g/mol. The van der Waals surface area contributed by atoms with Crippen LogP contribution in [0.4, 0.5) is 0 Å². The maximum Gasteiger partial charge on any atom is 0.0625 e. The molecule has 0 heterocycles. The number of nitriles is 1. The van der Waals surface area contributed by atoms with Crippen LogP contribution in [0.15, 0.2) is 18.2 Å². The SMILES string of the molecule is CC(C)(C)c1cc(CCC#N)cc(C(C)(C)C)c1. The van der Waals surface area contributed by atoms with E-state index < -0.39 is 0 Å². The highest BCUT2D eigenvalue weighted by atomic mass is 14.3. The predicted octanol–water partition coefficient (Wildman–Crippen LogP) is 4.74. The van der Waals surface area contributed by atoms with Gasteiger partial charge in [0.2, 0.25) is 0 Å². The highest BCUT2D eigenvalue weighted by molar-refractivity contribution is 5.37. The highest BCUT2D eigenvalue weighted by Gasteiger charge is 2.20. The second kappa shape index (κ2) is 5.14. The maximum atomic E-state index is 8.74. The van der Waals surface area contributed by atoms with E-state index >= 15 is 0 Å². The Hall–Kier alpha value is -1.29. The van der Waals surface area contributed by atoms with Crippen LogP contribution in [0.1, 0.15) is 64.7 Å². The predicted molar refractivity (Wildman–Crippen MR) is 77.8 cm³/mol. The van der Waals surface area contributed by atoms with Crippen molar-refractivity contribution in [1.82, 2.24) is 0 Å². The molecule has 1 heteroatoms. The molecule has 0 N–H and O–H groups in total. The Morgan fingerprint density at radius 1 is 0.889 bits per heavy atom. The van der Waals surface area contributed by atoms with Gasteiger partial charge in [0.25, 0.3) is 0 Å². The van der Waals surface area contributed by atoms with Crippen molar-refractivity contribution in [3.05, 3.63) is 34.9 Å². The summed E-state index contributed by atoms with van der Waals surface area (Å²) >= 11 is 0. The molecular weight excluding hydrogens is 218 g/mol. The third-order valence-electron chi connectivity index (χ3n) is 3.25. The number of benzene rings is 1. The van der Waals surface area contributed by atoms with E-state index in [4.69, 9.17) is 5.26 Å². The van der Waals surface area contributed by atoms with Gasteiger partial charge in [-0.25, -0.2) is 0 Å². The second-order valence-electron chi connectivity index (χ2n) is 7.08. The maximum absolute atomic E-state index is 8.74. The van der Waals surface area contributed by atoms with Gasteiger partial charge in [-0.1, -0.05) is 59.7 Å². The van der Waals surface area contributed by atoms with Gasteiger partial charge in [-0.2, -0.15) is 5.26 Å². The number of hydrogen-bond donors (Lipinski definition) is 0. The van der Waals surface area contributed by atoms with E-state index in [0.717, 1.165) is 6.42 Å². The van der Waals surface area contributed by atoms with Crippen molar-refractivity contribution in [3.8, 4) is 6.07 Å². The molecule has 0 aliphatic rings. The minimum Gasteiger partial charge on any atom is -0.198 e. The van der Waals surface area contributed by atoms with E-state index in [1.54, 1.807) is 0 Å². The standard InChI is InChI=1S/C17H25N/c1-16(2,3)14-10-13(8-7-9-18)11-15(12-14)17(4,5)6/h10-12H,7-8H2,1-6H3. The van der Waals surface area contributed by atoms with Crippen molar-refractivity contribution in [2.45, 2.75) is 65.2 Å². The third-order valence-corrected chi connectivity index (χ3v) is 3.25. The molecule has 1 aromatic carbocycles. The Kier molecular flexibility index (Phi) is 4.22. The molecule has 0 bridgehead atoms. The number of aryl methyl sites for hydroxylation is 1. The molecule has 0 fully saturated rings. The highest BCUT2D eigenvalue weighted by Crippen LogP contribution is 2.30.